The highest BCUT2D eigenvalue weighted by Gasteiger charge is 2.04. The predicted octanol–water partition coefficient (Wildman–Crippen LogP) is 3.60. The van der Waals surface area contributed by atoms with Gasteiger partial charge in [-0.15, -0.1) is 0 Å². The summed E-state index contributed by atoms with van der Waals surface area (Å²) in [5.74, 6) is 0.944. The number of alkyl halides is 1. The Morgan fingerprint density at radius 3 is 2.53 bits per heavy atom. The second-order valence-electron chi connectivity index (χ2n) is 3.77. The minimum Gasteiger partial charge on any atom is -0.494 e. The molecule has 0 N–H and O–H groups in total. The van der Waals surface area contributed by atoms with E-state index in [4.69, 9.17) is 4.74 Å². The van der Waals surface area contributed by atoms with E-state index in [0.717, 1.165) is 17.7 Å². The number of halogens is 1. The van der Waals surface area contributed by atoms with Crippen LogP contribution in [0.25, 0.3) is 0 Å². The van der Waals surface area contributed by atoms with Crippen LogP contribution in [-0.4, -0.2) is 13.3 Å². The first-order valence-corrected chi connectivity index (χ1v) is 5.48. The number of rotatable bonds is 5. The summed E-state index contributed by atoms with van der Waals surface area (Å²) in [5.41, 5.74) is 3.56. The van der Waals surface area contributed by atoms with Crippen LogP contribution in [0.1, 0.15) is 30.0 Å². The minimum atomic E-state index is -0.244. The number of aryl methyl sites for hydroxylation is 3. The molecular formula is C13H19FO. The van der Waals surface area contributed by atoms with Crippen molar-refractivity contribution in [1.82, 2.24) is 0 Å². The second kappa shape index (κ2) is 5.74. The van der Waals surface area contributed by atoms with E-state index in [-0.39, 0.29) is 6.67 Å². The summed E-state index contributed by atoms with van der Waals surface area (Å²) in [5, 5.41) is 0. The van der Waals surface area contributed by atoms with Crippen LogP contribution in [0, 0.1) is 13.8 Å². The fourth-order valence-corrected chi connectivity index (χ4v) is 1.69. The lowest BCUT2D eigenvalue weighted by Gasteiger charge is -2.12. The summed E-state index contributed by atoms with van der Waals surface area (Å²) in [7, 11) is 0. The molecule has 0 bridgehead atoms. The van der Waals surface area contributed by atoms with E-state index in [9.17, 15) is 4.39 Å². The Morgan fingerprint density at radius 1 is 1.20 bits per heavy atom. The third kappa shape index (κ3) is 3.22. The van der Waals surface area contributed by atoms with Crippen LogP contribution in [0.15, 0.2) is 12.1 Å². The number of hydrogen-bond donors (Lipinski definition) is 0. The first-order chi connectivity index (χ1) is 7.19. The maximum Gasteiger partial charge on any atom is 0.122 e. The predicted molar refractivity (Wildman–Crippen MR) is 61.4 cm³/mol. The quantitative estimate of drug-likeness (QED) is 0.721. The zero-order chi connectivity index (χ0) is 11.3. The van der Waals surface area contributed by atoms with Gasteiger partial charge < -0.3 is 4.74 Å². The Labute approximate surface area is 91.3 Å². The van der Waals surface area contributed by atoms with Crippen LogP contribution < -0.4 is 4.74 Å². The van der Waals surface area contributed by atoms with Crippen molar-refractivity contribution in [2.75, 3.05) is 13.3 Å². The van der Waals surface area contributed by atoms with Crippen LogP contribution in [0.4, 0.5) is 4.39 Å². The van der Waals surface area contributed by atoms with E-state index in [0.29, 0.717) is 13.0 Å². The Kier molecular flexibility index (Phi) is 4.60. The molecule has 0 unspecified atom stereocenters. The Balaban J connectivity index is 2.87. The second-order valence-corrected chi connectivity index (χ2v) is 3.77. The zero-order valence-electron chi connectivity index (χ0n) is 9.77. The van der Waals surface area contributed by atoms with E-state index in [2.05, 4.69) is 13.0 Å². The zero-order valence-corrected chi connectivity index (χ0v) is 9.77. The molecular weight excluding hydrogens is 191 g/mol. The lowest BCUT2D eigenvalue weighted by atomic mass is 10.0. The molecule has 1 aromatic rings. The Hall–Kier alpha value is -1.05. The first kappa shape index (κ1) is 12.0. The molecule has 84 valence electrons. The molecule has 15 heavy (non-hydrogen) atoms. The Morgan fingerprint density at radius 2 is 1.93 bits per heavy atom. The van der Waals surface area contributed by atoms with Crippen molar-refractivity contribution in [3.8, 4) is 5.75 Å². The van der Waals surface area contributed by atoms with Gasteiger partial charge in [0.15, 0.2) is 0 Å². The van der Waals surface area contributed by atoms with Gasteiger partial charge in [0, 0.05) is 0 Å². The fraction of sp³-hybridized carbons (Fsp3) is 0.538. The molecule has 1 aromatic carbocycles. The summed E-state index contributed by atoms with van der Waals surface area (Å²) >= 11 is 0. The molecule has 0 aromatic heterocycles. The van der Waals surface area contributed by atoms with Crippen LogP contribution in [0.5, 0.6) is 5.75 Å². The molecule has 0 atom stereocenters. The molecule has 0 spiro atoms. The molecule has 0 fully saturated rings. The van der Waals surface area contributed by atoms with Crippen molar-refractivity contribution in [3.63, 3.8) is 0 Å². The summed E-state index contributed by atoms with van der Waals surface area (Å²) < 4.78 is 17.6. The molecule has 0 aliphatic heterocycles. The largest absolute Gasteiger partial charge is 0.494 e. The van der Waals surface area contributed by atoms with Gasteiger partial charge in [-0.1, -0.05) is 6.07 Å². The highest BCUT2D eigenvalue weighted by atomic mass is 19.1. The van der Waals surface area contributed by atoms with E-state index >= 15 is 0 Å². The van der Waals surface area contributed by atoms with E-state index in [1.165, 1.54) is 11.1 Å². The molecule has 1 nitrogen and oxygen atoms in total. The number of benzene rings is 1. The van der Waals surface area contributed by atoms with Crippen molar-refractivity contribution in [2.45, 2.75) is 33.6 Å². The monoisotopic (exact) mass is 210 g/mol. The van der Waals surface area contributed by atoms with Gasteiger partial charge in [-0.25, -0.2) is 0 Å². The first-order valence-electron chi connectivity index (χ1n) is 5.48. The minimum absolute atomic E-state index is 0.244. The highest BCUT2D eigenvalue weighted by molar-refractivity contribution is 5.41. The maximum atomic E-state index is 12.1. The SMILES string of the molecule is CCOc1cc(C)c(CCCF)cc1C. The van der Waals surface area contributed by atoms with Gasteiger partial charge >= 0.3 is 0 Å². The van der Waals surface area contributed by atoms with E-state index < -0.39 is 0 Å². The highest BCUT2D eigenvalue weighted by Crippen LogP contribution is 2.23. The normalized spacial score (nSPS) is 10.4. The summed E-state index contributed by atoms with van der Waals surface area (Å²) in [4.78, 5) is 0. The molecule has 0 heterocycles. The van der Waals surface area contributed by atoms with Gasteiger partial charge in [-0.3, -0.25) is 4.39 Å². The molecule has 2 heteroatoms. The molecule has 0 radical (unpaired) electrons. The lowest BCUT2D eigenvalue weighted by molar-refractivity contribution is 0.337. The van der Waals surface area contributed by atoms with E-state index in [1.807, 2.05) is 19.9 Å². The molecule has 0 saturated carbocycles. The number of hydrogen-bond acceptors (Lipinski definition) is 1. The Bertz CT molecular complexity index is 321. The standard InChI is InChI=1S/C13H19FO/c1-4-15-13-9-10(2)12(6-5-7-14)8-11(13)3/h8-9H,4-7H2,1-3H3. The molecule has 0 amide bonds. The van der Waals surface area contributed by atoms with Gasteiger partial charge in [0.1, 0.15) is 5.75 Å². The van der Waals surface area contributed by atoms with Crippen molar-refractivity contribution < 1.29 is 9.13 Å². The van der Waals surface area contributed by atoms with E-state index in [1.54, 1.807) is 0 Å². The van der Waals surface area contributed by atoms with Crippen molar-refractivity contribution in [2.24, 2.45) is 0 Å². The third-order valence-corrected chi connectivity index (χ3v) is 2.51. The molecule has 1 rings (SSSR count). The van der Waals surface area contributed by atoms with Crippen LogP contribution in [0.3, 0.4) is 0 Å². The van der Waals surface area contributed by atoms with Gasteiger partial charge in [0.05, 0.1) is 13.3 Å². The van der Waals surface area contributed by atoms with Gasteiger partial charge in [-0.2, -0.15) is 0 Å². The molecule has 0 saturated heterocycles. The van der Waals surface area contributed by atoms with Crippen LogP contribution >= 0.6 is 0 Å². The lowest BCUT2D eigenvalue weighted by Crippen LogP contribution is -1.98. The molecule has 0 aliphatic carbocycles. The van der Waals surface area contributed by atoms with Crippen molar-refractivity contribution in [3.05, 3.63) is 28.8 Å². The summed E-state index contributed by atoms with van der Waals surface area (Å²) in [6.07, 6.45) is 1.42. The molecule has 0 aliphatic rings. The average molecular weight is 210 g/mol. The third-order valence-electron chi connectivity index (χ3n) is 2.51. The van der Waals surface area contributed by atoms with Crippen molar-refractivity contribution in [1.29, 1.82) is 0 Å². The topological polar surface area (TPSA) is 9.23 Å². The van der Waals surface area contributed by atoms with Crippen LogP contribution in [0.2, 0.25) is 0 Å². The van der Waals surface area contributed by atoms with Crippen LogP contribution in [-0.2, 0) is 6.42 Å². The van der Waals surface area contributed by atoms with Gasteiger partial charge in [0.2, 0.25) is 0 Å². The summed E-state index contributed by atoms with van der Waals surface area (Å²) in [6.45, 7) is 6.50. The van der Waals surface area contributed by atoms with Crippen molar-refractivity contribution >= 4 is 0 Å². The average Bonchev–Trinajstić information content (AvgIpc) is 2.21. The fourth-order valence-electron chi connectivity index (χ4n) is 1.69. The number of ether oxygens (including phenoxy) is 1. The van der Waals surface area contributed by atoms with Gasteiger partial charge in [0.25, 0.3) is 0 Å². The maximum absolute atomic E-state index is 12.1. The smallest absolute Gasteiger partial charge is 0.122 e. The van der Waals surface area contributed by atoms with Gasteiger partial charge in [-0.05, 0) is 56.4 Å². The summed E-state index contributed by atoms with van der Waals surface area (Å²) in [6, 6.07) is 4.16.